The number of aromatic nitrogens is 4. The van der Waals surface area contributed by atoms with Gasteiger partial charge in [-0.2, -0.15) is 31.8 Å². The van der Waals surface area contributed by atoms with E-state index in [1.165, 1.54) is 12.3 Å². The number of rotatable bonds is 6. The van der Waals surface area contributed by atoms with Crippen molar-refractivity contribution >= 4 is 36.6 Å². The first kappa shape index (κ1) is 25.3. The van der Waals surface area contributed by atoms with Crippen LogP contribution in [0.4, 0.5) is 30.4 Å². The van der Waals surface area contributed by atoms with E-state index in [-0.39, 0.29) is 25.4 Å². The van der Waals surface area contributed by atoms with E-state index in [1.807, 2.05) is 38.1 Å². The van der Waals surface area contributed by atoms with Crippen molar-refractivity contribution in [2.45, 2.75) is 45.6 Å². The molecule has 0 spiro atoms. The van der Waals surface area contributed by atoms with Crippen molar-refractivity contribution in [2.75, 3.05) is 22.6 Å². The standard InChI is InChI=1S/C22H24F3N7O.H2S/c1-4-16-21(33)30-20-13(2)29-19(7-17(20)31(16)3)27-9-15-10-28-32(12-15)11-14-5-6-18(26-8-14)22(23,24)25;/h5-8,10,12,16H,4,9,11H2,1-3H3,(H,27,29)(H,30,33);1H2/t16-;/m0./s1. The van der Waals surface area contributed by atoms with E-state index in [1.54, 1.807) is 10.9 Å². The molecular weight excluding hydrogens is 467 g/mol. The van der Waals surface area contributed by atoms with Gasteiger partial charge in [-0.15, -0.1) is 0 Å². The SMILES string of the molecule is CC[C@H]1C(=O)Nc2c(cc(NCc3cnn(Cc4ccc(C(F)(F)F)nc4)c3)nc2C)N1C.S. The molecule has 4 heterocycles. The Morgan fingerprint density at radius 1 is 1.21 bits per heavy atom. The lowest BCUT2D eigenvalue weighted by Crippen LogP contribution is -2.45. The normalized spacial score (nSPS) is 15.4. The van der Waals surface area contributed by atoms with Crippen LogP contribution in [0, 0.1) is 6.92 Å². The lowest BCUT2D eigenvalue weighted by molar-refractivity contribution is -0.141. The number of nitrogens with zero attached hydrogens (tertiary/aromatic N) is 5. The van der Waals surface area contributed by atoms with Gasteiger partial charge in [0.25, 0.3) is 0 Å². The summed E-state index contributed by atoms with van der Waals surface area (Å²) in [7, 11) is 1.90. The Balaban J connectivity index is 0.00000324. The molecule has 1 aliphatic heterocycles. The van der Waals surface area contributed by atoms with Crippen molar-refractivity contribution in [3.8, 4) is 0 Å². The molecule has 12 heteroatoms. The fourth-order valence-corrected chi connectivity index (χ4v) is 3.84. The van der Waals surface area contributed by atoms with E-state index in [0.29, 0.717) is 30.9 Å². The Bertz CT molecular complexity index is 1160. The molecule has 0 saturated carbocycles. The summed E-state index contributed by atoms with van der Waals surface area (Å²) in [6, 6.07) is 4.04. The number of fused-ring (bicyclic) bond motifs is 1. The molecule has 34 heavy (non-hydrogen) atoms. The number of carbonyl (C=O) groups excluding carboxylic acids is 1. The van der Waals surface area contributed by atoms with Gasteiger partial charge < -0.3 is 15.5 Å². The number of hydrogen-bond acceptors (Lipinski definition) is 6. The molecule has 0 saturated heterocycles. The Morgan fingerprint density at radius 2 is 1.97 bits per heavy atom. The molecular formula is C22H26F3N7OS. The minimum Gasteiger partial charge on any atom is -0.366 e. The second-order valence-electron chi connectivity index (χ2n) is 7.96. The van der Waals surface area contributed by atoms with Crippen LogP contribution in [-0.4, -0.2) is 38.7 Å². The van der Waals surface area contributed by atoms with Crippen LogP contribution < -0.4 is 15.5 Å². The number of alkyl halides is 3. The third kappa shape index (κ3) is 5.27. The molecule has 0 fully saturated rings. The van der Waals surface area contributed by atoms with Crippen LogP contribution in [-0.2, 0) is 24.1 Å². The van der Waals surface area contributed by atoms with Crippen molar-refractivity contribution in [1.29, 1.82) is 0 Å². The Kier molecular flexibility index (Phi) is 7.39. The summed E-state index contributed by atoms with van der Waals surface area (Å²) in [4.78, 5) is 22.3. The van der Waals surface area contributed by atoms with Gasteiger partial charge in [0.1, 0.15) is 17.6 Å². The van der Waals surface area contributed by atoms with Crippen molar-refractivity contribution in [2.24, 2.45) is 0 Å². The number of amides is 1. The highest BCUT2D eigenvalue weighted by Crippen LogP contribution is 2.35. The quantitative estimate of drug-likeness (QED) is 0.541. The zero-order valence-electron chi connectivity index (χ0n) is 18.9. The summed E-state index contributed by atoms with van der Waals surface area (Å²) in [5, 5.41) is 10.5. The molecule has 4 rings (SSSR count). The van der Waals surface area contributed by atoms with Gasteiger partial charge in [0.05, 0.1) is 29.8 Å². The smallest absolute Gasteiger partial charge is 0.366 e. The second kappa shape index (κ2) is 9.92. The molecule has 2 N–H and O–H groups in total. The number of pyridine rings is 2. The first-order chi connectivity index (χ1) is 15.7. The maximum absolute atomic E-state index is 12.7. The minimum atomic E-state index is -4.45. The van der Waals surface area contributed by atoms with Gasteiger partial charge >= 0.3 is 6.18 Å². The number of likely N-dealkylation sites (N-methyl/N-ethyl adjacent to an activating group) is 1. The number of hydrogen-bond donors (Lipinski definition) is 2. The zero-order chi connectivity index (χ0) is 23.8. The molecule has 0 aromatic carbocycles. The van der Waals surface area contributed by atoms with Crippen LogP contribution in [0.2, 0.25) is 0 Å². The van der Waals surface area contributed by atoms with E-state index in [0.717, 1.165) is 28.7 Å². The van der Waals surface area contributed by atoms with Crippen molar-refractivity contribution in [1.82, 2.24) is 19.7 Å². The Morgan fingerprint density at radius 3 is 2.62 bits per heavy atom. The molecule has 3 aromatic heterocycles. The fourth-order valence-electron chi connectivity index (χ4n) is 3.84. The average Bonchev–Trinajstić information content (AvgIpc) is 3.20. The van der Waals surface area contributed by atoms with Crippen LogP contribution in [0.5, 0.6) is 0 Å². The first-order valence-corrected chi connectivity index (χ1v) is 10.5. The number of halogens is 3. The molecule has 0 radical (unpaired) electrons. The second-order valence-corrected chi connectivity index (χ2v) is 7.96. The fraction of sp³-hybridized carbons (Fsp3) is 0.364. The minimum absolute atomic E-state index is 0. The van der Waals surface area contributed by atoms with Gasteiger partial charge in [-0.25, -0.2) is 4.98 Å². The number of carbonyl (C=O) groups is 1. The van der Waals surface area contributed by atoms with Crippen molar-refractivity contribution in [3.63, 3.8) is 0 Å². The number of aryl methyl sites for hydroxylation is 1. The van der Waals surface area contributed by atoms with Crippen molar-refractivity contribution in [3.05, 3.63) is 59.3 Å². The molecule has 1 amide bonds. The van der Waals surface area contributed by atoms with Crippen LogP contribution in [0.1, 0.15) is 35.9 Å². The molecule has 0 bridgehead atoms. The van der Waals surface area contributed by atoms with E-state index >= 15 is 0 Å². The highest BCUT2D eigenvalue weighted by Gasteiger charge is 2.32. The maximum Gasteiger partial charge on any atom is 0.433 e. The summed E-state index contributed by atoms with van der Waals surface area (Å²) >= 11 is 0. The molecule has 1 atom stereocenters. The van der Waals surface area contributed by atoms with Crippen LogP contribution in [0.15, 0.2) is 36.8 Å². The van der Waals surface area contributed by atoms with E-state index in [9.17, 15) is 18.0 Å². The monoisotopic (exact) mass is 493 g/mol. The van der Waals surface area contributed by atoms with Gasteiger partial charge in [-0.05, 0) is 25.0 Å². The molecule has 8 nitrogen and oxygen atoms in total. The summed E-state index contributed by atoms with van der Waals surface area (Å²) in [6.07, 6.45) is 0.954. The third-order valence-electron chi connectivity index (χ3n) is 5.58. The number of anilines is 3. The van der Waals surface area contributed by atoms with Gasteiger partial charge in [0.2, 0.25) is 5.91 Å². The molecule has 0 aliphatic carbocycles. The lowest BCUT2D eigenvalue weighted by atomic mass is 10.1. The van der Waals surface area contributed by atoms with Crippen LogP contribution >= 0.6 is 13.5 Å². The van der Waals surface area contributed by atoms with Crippen molar-refractivity contribution < 1.29 is 18.0 Å². The zero-order valence-corrected chi connectivity index (χ0v) is 19.9. The predicted octanol–water partition coefficient (Wildman–Crippen LogP) is 3.94. The van der Waals surface area contributed by atoms with Crippen LogP contribution in [0.3, 0.4) is 0 Å². The lowest BCUT2D eigenvalue weighted by Gasteiger charge is -2.35. The summed E-state index contributed by atoms with van der Waals surface area (Å²) < 4.78 is 39.6. The highest BCUT2D eigenvalue weighted by atomic mass is 32.1. The summed E-state index contributed by atoms with van der Waals surface area (Å²) in [5.74, 6) is 0.637. The van der Waals surface area contributed by atoms with E-state index in [4.69, 9.17) is 0 Å². The maximum atomic E-state index is 12.7. The molecule has 182 valence electrons. The highest BCUT2D eigenvalue weighted by molar-refractivity contribution is 7.59. The number of nitrogens with one attached hydrogen (secondary N) is 2. The van der Waals surface area contributed by atoms with E-state index in [2.05, 4.69) is 25.7 Å². The molecule has 3 aromatic rings. The van der Waals surface area contributed by atoms with Gasteiger partial charge in [0, 0.05) is 37.6 Å². The average molecular weight is 494 g/mol. The largest absolute Gasteiger partial charge is 0.433 e. The van der Waals surface area contributed by atoms with Gasteiger partial charge in [-0.3, -0.25) is 14.5 Å². The van der Waals surface area contributed by atoms with E-state index < -0.39 is 11.9 Å². The van der Waals surface area contributed by atoms with Gasteiger partial charge in [-0.1, -0.05) is 13.0 Å². The molecule has 1 aliphatic rings. The summed E-state index contributed by atoms with van der Waals surface area (Å²) in [6.45, 7) is 4.59. The topological polar surface area (TPSA) is 88.0 Å². The Labute approximate surface area is 202 Å². The van der Waals surface area contributed by atoms with Crippen LogP contribution in [0.25, 0.3) is 0 Å². The molecule has 0 unspecified atom stereocenters. The third-order valence-corrected chi connectivity index (χ3v) is 5.58. The predicted molar refractivity (Wildman–Crippen MR) is 128 cm³/mol. The first-order valence-electron chi connectivity index (χ1n) is 10.5. The summed E-state index contributed by atoms with van der Waals surface area (Å²) in [5.41, 5.74) is 2.93. The Hall–Kier alpha value is -3.28. The van der Waals surface area contributed by atoms with Gasteiger partial charge in [0.15, 0.2) is 0 Å².